The normalized spacial score (nSPS) is 21.8. The van der Waals surface area contributed by atoms with Crippen LogP contribution in [0.4, 0.5) is 0 Å². The number of guanidine groups is 1. The van der Waals surface area contributed by atoms with Gasteiger partial charge in [-0.3, -0.25) is 9.89 Å². The summed E-state index contributed by atoms with van der Waals surface area (Å²) in [6.45, 7) is 19.1. The van der Waals surface area contributed by atoms with Gasteiger partial charge in [-0.1, -0.05) is 6.92 Å². The fourth-order valence-corrected chi connectivity index (χ4v) is 3.85. The van der Waals surface area contributed by atoms with Gasteiger partial charge in [0.15, 0.2) is 5.96 Å². The van der Waals surface area contributed by atoms with Crippen molar-refractivity contribution in [1.29, 1.82) is 0 Å². The molecule has 0 bridgehead atoms. The van der Waals surface area contributed by atoms with E-state index in [1.807, 2.05) is 0 Å². The van der Waals surface area contributed by atoms with E-state index in [4.69, 9.17) is 9.73 Å². The summed E-state index contributed by atoms with van der Waals surface area (Å²) in [5, 5.41) is 7.00. The monoisotopic (exact) mass is 367 g/mol. The number of hydrogen-bond donors (Lipinski definition) is 2. The van der Waals surface area contributed by atoms with E-state index < -0.39 is 0 Å². The molecule has 0 aliphatic carbocycles. The molecule has 0 aromatic heterocycles. The molecular formula is C20H41N5O. The Labute approximate surface area is 160 Å². The molecule has 0 spiro atoms. The van der Waals surface area contributed by atoms with Crippen molar-refractivity contribution in [2.75, 3.05) is 65.6 Å². The summed E-state index contributed by atoms with van der Waals surface area (Å²) in [5.74, 6) is 1.73. The molecule has 2 aliphatic rings. The Kier molecular flexibility index (Phi) is 9.16. The molecule has 0 radical (unpaired) electrons. The van der Waals surface area contributed by atoms with Crippen LogP contribution in [0, 0.1) is 5.92 Å². The highest BCUT2D eigenvalue weighted by Crippen LogP contribution is 2.17. The summed E-state index contributed by atoms with van der Waals surface area (Å²) >= 11 is 0. The van der Waals surface area contributed by atoms with Crippen molar-refractivity contribution in [1.82, 2.24) is 20.4 Å². The molecule has 2 aliphatic heterocycles. The Morgan fingerprint density at radius 1 is 1.08 bits per heavy atom. The Hall–Kier alpha value is -0.850. The van der Waals surface area contributed by atoms with Crippen molar-refractivity contribution in [3.63, 3.8) is 0 Å². The molecule has 0 aromatic rings. The summed E-state index contributed by atoms with van der Waals surface area (Å²) < 4.78 is 5.48. The van der Waals surface area contributed by atoms with Gasteiger partial charge in [0.25, 0.3) is 0 Å². The van der Waals surface area contributed by atoms with Crippen molar-refractivity contribution < 1.29 is 4.74 Å². The molecule has 0 unspecified atom stereocenters. The van der Waals surface area contributed by atoms with Crippen molar-refractivity contribution >= 4 is 5.96 Å². The lowest BCUT2D eigenvalue weighted by molar-refractivity contribution is -0.00684. The van der Waals surface area contributed by atoms with Crippen LogP contribution < -0.4 is 10.6 Å². The minimum atomic E-state index is 0.0671. The first-order chi connectivity index (χ1) is 12.5. The van der Waals surface area contributed by atoms with E-state index >= 15 is 0 Å². The number of piperidine rings is 1. The van der Waals surface area contributed by atoms with Gasteiger partial charge in [0.1, 0.15) is 0 Å². The summed E-state index contributed by atoms with van der Waals surface area (Å²) in [7, 11) is 0. The van der Waals surface area contributed by atoms with Gasteiger partial charge in [-0.15, -0.1) is 0 Å². The van der Waals surface area contributed by atoms with Crippen LogP contribution in [0.1, 0.15) is 47.0 Å². The van der Waals surface area contributed by atoms with Crippen LogP contribution in [0.25, 0.3) is 0 Å². The largest absolute Gasteiger partial charge is 0.379 e. The molecule has 26 heavy (non-hydrogen) atoms. The van der Waals surface area contributed by atoms with Crippen LogP contribution in [-0.4, -0.2) is 86.9 Å². The van der Waals surface area contributed by atoms with E-state index in [1.165, 1.54) is 38.9 Å². The topological polar surface area (TPSA) is 52.1 Å². The third kappa shape index (κ3) is 7.05. The van der Waals surface area contributed by atoms with Crippen LogP contribution in [-0.2, 0) is 4.74 Å². The third-order valence-electron chi connectivity index (χ3n) is 5.64. The fraction of sp³-hybridized carbons (Fsp3) is 0.950. The van der Waals surface area contributed by atoms with E-state index in [-0.39, 0.29) is 5.54 Å². The zero-order valence-corrected chi connectivity index (χ0v) is 17.5. The van der Waals surface area contributed by atoms with E-state index in [9.17, 15) is 0 Å². The summed E-state index contributed by atoms with van der Waals surface area (Å²) in [6, 6.07) is 0. The summed E-state index contributed by atoms with van der Waals surface area (Å²) in [5.41, 5.74) is 0.0671. The maximum Gasteiger partial charge on any atom is 0.191 e. The first-order valence-corrected chi connectivity index (χ1v) is 10.6. The predicted molar refractivity (Wildman–Crippen MR) is 110 cm³/mol. The van der Waals surface area contributed by atoms with Gasteiger partial charge in [-0.25, -0.2) is 0 Å². The number of likely N-dealkylation sites (tertiary alicyclic amines) is 1. The second-order valence-electron chi connectivity index (χ2n) is 8.27. The molecule has 6 heteroatoms. The lowest BCUT2D eigenvalue weighted by Crippen LogP contribution is -2.52. The van der Waals surface area contributed by atoms with Crippen LogP contribution in [0.2, 0.25) is 0 Å². The molecule has 0 aromatic carbocycles. The van der Waals surface area contributed by atoms with Crippen molar-refractivity contribution in [3.05, 3.63) is 0 Å². The first-order valence-electron chi connectivity index (χ1n) is 10.6. The Bertz CT molecular complexity index is 412. The molecule has 2 fully saturated rings. The maximum atomic E-state index is 5.48. The standard InChI is InChI=1S/C20H41N5O/c1-5-9-24-10-7-18(8-11-24)16-22-19(21-6-2)23-17-20(3,4)25-12-14-26-15-13-25/h18H,5-17H2,1-4H3,(H2,21,22,23). The van der Waals surface area contributed by atoms with E-state index in [1.54, 1.807) is 0 Å². The van der Waals surface area contributed by atoms with Crippen LogP contribution >= 0.6 is 0 Å². The number of nitrogens with one attached hydrogen (secondary N) is 2. The average Bonchev–Trinajstić information content (AvgIpc) is 2.66. The van der Waals surface area contributed by atoms with E-state index in [2.05, 4.69) is 48.1 Å². The maximum absolute atomic E-state index is 5.48. The minimum absolute atomic E-state index is 0.0671. The van der Waals surface area contributed by atoms with Gasteiger partial charge in [-0.2, -0.15) is 0 Å². The van der Waals surface area contributed by atoms with Gasteiger partial charge in [0.05, 0.1) is 19.8 Å². The zero-order valence-electron chi connectivity index (χ0n) is 17.5. The van der Waals surface area contributed by atoms with Gasteiger partial charge in [0, 0.05) is 31.7 Å². The predicted octanol–water partition coefficient (Wildman–Crippen LogP) is 1.77. The molecule has 0 amide bonds. The van der Waals surface area contributed by atoms with Gasteiger partial charge in [0.2, 0.25) is 0 Å². The molecule has 6 nitrogen and oxygen atoms in total. The van der Waals surface area contributed by atoms with Gasteiger partial charge in [-0.05, 0) is 65.6 Å². The Balaban J connectivity index is 1.79. The smallest absolute Gasteiger partial charge is 0.191 e. The van der Waals surface area contributed by atoms with Crippen molar-refractivity contribution in [2.45, 2.75) is 52.5 Å². The average molecular weight is 368 g/mol. The summed E-state index contributed by atoms with van der Waals surface area (Å²) in [6.07, 6.45) is 3.86. The van der Waals surface area contributed by atoms with Crippen molar-refractivity contribution in [3.8, 4) is 0 Å². The number of aliphatic imine (C=N–C) groups is 1. The van der Waals surface area contributed by atoms with E-state index in [0.717, 1.165) is 57.8 Å². The number of ether oxygens (including phenoxy) is 1. The molecule has 0 atom stereocenters. The Morgan fingerprint density at radius 3 is 2.38 bits per heavy atom. The molecule has 2 N–H and O–H groups in total. The zero-order chi connectivity index (χ0) is 18.8. The highest BCUT2D eigenvalue weighted by atomic mass is 16.5. The molecule has 152 valence electrons. The van der Waals surface area contributed by atoms with Gasteiger partial charge < -0.3 is 20.3 Å². The summed E-state index contributed by atoms with van der Waals surface area (Å²) in [4.78, 5) is 9.98. The van der Waals surface area contributed by atoms with Crippen molar-refractivity contribution in [2.24, 2.45) is 10.9 Å². The number of rotatable bonds is 8. The molecule has 0 saturated carbocycles. The number of nitrogens with zero attached hydrogens (tertiary/aromatic N) is 3. The molecule has 2 heterocycles. The number of hydrogen-bond acceptors (Lipinski definition) is 4. The van der Waals surface area contributed by atoms with Crippen LogP contribution in [0.15, 0.2) is 4.99 Å². The van der Waals surface area contributed by atoms with E-state index in [0.29, 0.717) is 0 Å². The lowest BCUT2D eigenvalue weighted by atomic mass is 9.97. The van der Waals surface area contributed by atoms with Crippen LogP contribution in [0.5, 0.6) is 0 Å². The quantitative estimate of drug-likeness (QED) is 0.506. The van der Waals surface area contributed by atoms with Crippen LogP contribution in [0.3, 0.4) is 0 Å². The number of morpholine rings is 1. The second kappa shape index (κ2) is 11.1. The SMILES string of the molecule is CCCN1CCC(CNC(=NCC(C)(C)N2CCOCC2)NCC)CC1. The molecular weight excluding hydrogens is 326 g/mol. The Morgan fingerprint density at radius 2 is 1.77 bits per heavy atom. The van der Waals surface area contributed by atoms with Gasteiger partial charge >= 0.3 is 0 Å². The first kappa shape index (κ1) is 21.5. The minimum Gasteiger partial charge on any atom is -0.379 e. The lowest BCUT2D eigenvalue weighted by Gasteiger charge is -2.40. The third-order valence-corrected chi connectivity index (χ3v) is 5.64. The second-order valence-corrected chi connectivity index (χ2v) is 8.27. The molecule has 2 rings (SSSR count). The fourth-order valence-electron chi connectivity index (χ4n) is 3.85. The molecule has 2 saturated heterocycles. The highest BCUT2D eigenvalue weighted by Gasteiger charge is 2.28. The highest BCUT2D eigenvalue weighted by molar-refractivity contribution is 5.79.